The SMILES string of the molecule is Cc1ccc(C=NNC(=O)c2ccccc2Br)o1. The van der Waals surface area contributed by atoms with Crippen molar-refractivity contribution < 1.29 is 9.21 Å². The third-order valence-corrected chi connectivity index (χ3v) is 2.93. The van der Waals surface area contributed by atoms with Crippen LogP contribution in [0.25, 0.3) is 0 Å². The summed E-state index contributed by atoms with van der Waals surface area (Å²) in [5.41, 5.74) is 2.97. The second kappa shape index (κ2) is 5.64. The molecule has 0 spiro atoms. The predicted octanol–water partition coefficient (Wildman–Crippen LogP) is 3.11. The summed E-state index contributed by atoms with van der Waals surface area (Å²) < 4.78 is 6.01. The molecule has 4 nitrogen and oxygen atoms in total. The van der Waals surface area contributed by atoms with E-state index in [9.17, 15) is 4.79 Å². The molecule has 0 radical (unpaired) electrons. The van der Waals surface area contributed by atoms with Crippen molar-refractivity contribution in [3.8, 4) is 0 Å². The third kappa shape index (κ3) is 3.07. The first-order valence-corrected chi connectivity index (χ1v) is 6.10. The highest BCUT2D eigenvalue weighted by Crippen LogP contribution is 2.15. The molecule has 0 bridgehead atoms. The summed E-state index contributed by atoms with van der Waals surface area (Å²) >= 11 is 3.31. The molecule has 1 heterocycles. The number of aryl methyl sites for hydroxylation is 1. The van der Waals surface area contributed by atoms with E-state index < -0.39 is 0 Å². The van der Waals surface area contributed by atoms with Crippen molar-refractivity contribution in [3.05, 3.63) is 58.0 Å². The molecule has 1 aromatic carbocycles. The largest absolute Gasteiger partial charge is 0.460 e. The van der Waals surface area contributed by atoms with Gasteiger partial charge in [-0.1, -0.05) is 12.1 Å². The number of hydrogen-bond acceptors (Lipinski definition) is 3. The topological polar surface area (TPSA) is 54.6 Å². The Morgan fingerprint density at radius 1 is 1.33 bits per heavy atom. The average molecular weight is 307 g/mol. The van der Waals surface area contributed by atoms with E-state index >= 15 is 0 Å². The summed E-state index contributed by atoms with van der Waals surface area (Å²) in [4.78, 5) is 11.8. The van der Waals surface area contributed by atoms with Crippen LogP contribution in [0.3, 0.4) is 0 Å². The van der Waals surface area contributed by atoms with Gasteiger partial charge in [0.15, 0.2) is 0 Å². The maximum Gasteiger partial charge on any atom is 0.272 e. The van der Waals surface area contributed by atoms with Gasteiger partial charge < -0.3 is 4.42 Å². The van der Waals surface area contributed by atoms with Gasteiger partial charge >= 0.3 is 0 Å². The van der Waals surface area contributed by atoms with Crippen molar-refractivity contribution in [2.45, 2.75) is 6.92 Å². The van der Waals surface area contributed by atoms with Crippen molar-refractivity contribution in [2.75, 3.05) is 0 Å². The van der Waals surface area contributed by atoms with E-state index in [0.29, 0.717) is 11.3 Å². The van der Waals surface area contributed by atoms with Crippen LogP contribution in [0, 0.1) is 6.92 Å². The number of rotatable bonds is 3. The van der Waals surface area contributed by atoms with E-state index in [2.05, 4.69) is 26.5 Å². The first kappa shape index (κ1) is 12.6. The molecule has 1 N–H and O–H groups in total. The minimum absolute atomic E-state index is 0.276. The lowest BCUT2D eigenvalue weighted by atomic mass is 10.2. The molecule has 0 aliphatic rings. The molecule has 2 aromatic rings. The molecule has 0 aliphatic carbocycles. The Morgan fingerprint density at radius 3 is 2.78 bits per heavy atom. The van der Waals surface area contributed by atoms with E-state index in [0.717, 1.165) is 10.2 Å². The maximum absolute atomic E-state index is 11.8. The van der Waals surface area contributed by atoms with Crippen LogP contribution in [0.15, 0.2) is 50.4 Å². The Labute approximate surface area is 113 Å². The smallest absolute Gasteiger partial charge is 0.272 e. The molecule has 0 fully saturated rings. The summed E-state index contributed by atoms with van der Waals surface area (Å²) in [5, 5.41) is 3.83. The fourth-order valence-electron chi connectivity index (χ4n) is 1.38. The Balaban J connectivity index is 2.01. The molecule has 0 saturated carbocycles. The first-order chi connectivity index (χ1) is 8.66. The molecule has 2 rings (SSSR count). The molecule has 1 amide bonds. The molecule has 0 atom stereocenters. The monoisotopic (exact) mass is 306 g/mol. The fraction of sp³-hybridized carbons (Fsp3) is 0.0769. The number of nitrogens with one attached hydrogen (secondary N) is 1. The summed E-state index contributed by atoms with van der Waals surface area (Å²) in [6.07, 6.45) is 1.46. The molecule has 0 saturated heterocycles. The zero-order chi connectivity index (χ0) is 13.0. The van der Waals surface area contributed by atoms with Crippen molar-refractivity contribution in [3.63, 3.8) is 0 Å². The molecule has 18 heavy (non-hydrogen) atoms. The van der Waals surface area contributed by atoms with Crippen LogP contribution in [-0.2, 0) is 0 Å². The number of halogens is 1. The van der Waals surface area contributed by atoms with Crippen LogP contribution in [0.2, 0.25) is 0 Å². The van der Waals surface area contributed by atoms with Gasteiger partial charge in [-0.25, -0.2) is 5.43 Å². The van der Waals surface area contributed by atoms with Gasteiger partial charge in [-0.2, -0.15) is 5.10 Å². The second-order valence-electron chi connectivity index (χ2n) is 3.63. The third-order valence-electron chi connectivity index (χ3n) is 2.24. The highest BCUT2D eigenvalue weighted by Gasteiger charge is 2.07. The maximum atomic E-state index is 11.8. The average Bonchev–Trinajstić information content (AvgIpc) is 2.75. The molecular weight excluding hydrogens is 296 g/mol. The number of amides is 1. The minimum atomic E-state index is -0.276. The van der Waals surface area contributed by atoms with Crippen LogP contribution in [0.4, 0.5) is 0 Å². The van der Waals surface area contributed by atoms with E-state index in [1.165, 1.54) is 6.21 Å². The van der Waals surface area contributed by atoms with Gasteiger partial charge in [-0.3, -0.25) is 4.79 Å². The lowest BCUT2D eigenvalue weighted by Crippen LogP contribution is -2.17. The Bertz CT molecular complexity index is 590. The van der Waals surface area contributed by atoms with E-state index in [1.807, 2.05) is 19.1 Å². The van der Waals surface area contributed by atoms with Gasteiger partial charge in [0.25, 0.3) is 5.91 Å². The van der Waals surface area contributed by atoms with E-state index in [1.54, 1.807) is 24.3 Å². The zero-order valence-electron chi connectivity index (χ0n) is 9.68. The lowest BCUT2D eigenvalue weighted by molar-refractivity contribution is 0.0954. The Hall–Kier alpha value is -1.88. The number of carbonyl (C=O) groups is 1. The van der Waals surface area contributed by atoms with Gasteiger partial charge in [0.05, 0.1) is 11.8 Å². The van der Waals surface area contributed by atoms with Crippen LogP contribution in [-0.4, -0.2) is 12.1 Å². The molecule has 0 aliphatic heterocycles. The first-order valence-electron chi connectivity index (χ1n) is 5.31. The normalized spacial score (nSPS) is 10.8. The summed E-state index contributed by atoms with van der Waals surface area (Å²) in [5.74, 6) is 1.12. The molecular formula is C13H11BrN2O2. The van der Waals surface area contributed by atoms with Crippen LogP contribution < -0.4 is 5.43 Å². The van der Waals surface area contributed by atoms with Gasteiger partial charge in [-0.15, -0.1) is 0 Å². The number of hydrazone groups is 1. The van der Waals surface area contributed by atoms with Gasteiger partial charge in [0.1, 0.15) is 11.5 Å². The van der Waals surface area contributed by atoms with Crippen LogP contribution in [0.1, 0.15) is 21.9 Å². The Kier molecular flexibility index (Phi) is 3.94. The van der Waals surface area contributed by atoms with Crippen molar-refractivity contribution in [2.24, 2.45) is 5.10 Å². The minimum Gasteiger partial charge on any atom is -0.460 e. The van der Waals surface area contributed by atoms with E-state index in [-0.39, 0.29) is 5.91 Å². The van der Waals surface area contributed by atoms with E-state index in [4.69, 9.17) is 4.42 Å². The lowest BCUT2D eigenvalue weighted by Gasteiger charge is -2.01. The summed E-state index contributed by atoms with van der Waals surface area (Å²) in [6, 6.07) is 10.8. The molecule has 92 valence electrons. The molecule has 0 unspecified atom stereocenters. The second-order valence-corrected chi connectivity index (χ2v) is 4.48. The highest BCUT2D eigenvalue weighted by atomic mass is 79.9. The van der Waals surface area contributed by atoms with Gasteiger partial charge in [0.2, 0.25) is 0 Å². The number of furan rings is 1. The summed E-state index contributed by atoms with van der Waals surface area (Å²) in [7, 11) is 0. The highest BCUT2D eigenvalue weighted by molar-refractivity contribution is 9.10. The van der Waals surface area contributed by atoms with Crippen LogP contribution >= 0.6 is 15.9 Å². The van der Waals surface area contributed by atoms with Crippen LogP contribution in [0.5, 0.6) is 0 Å². The molecule has 1 aromatic heterocycles. The fourth-order valence-corrected chi connectivity index (χ4v) is 1.85. The molecule has 5 heteroatoms. The van der Waals surface area contributed by atoms with Crippen molar-refractivity contribution in [1.29, 1.82) is 0 Å². The Morgan fingerprint density at radius 2 is 2.11 bits per heavy atom. The zero-order valence-corrected chi connectivity index (χ0v) is 11.3. The predicted molar refractivity (Wildman–Crippen MR) is 72.6 cm³/mol. The van der Waals surface area contributed by atoms with Crippen molar-refractivity contribution >= 4 is 28.1 Å². The number of hydrogen-bond donors (Lipinski definition) is 1. The number of nitrogens with zero attached hydrogens (tertiary/aromatic N) is 1. The van der Waals surface area contributed by atoms with Crippen molar-refractivity contribution in [1.82, 2.24) is 5.43 Å². The number of benzene rings is 1. The standard InChI is InChI=1S/C13H11BrN2O2/c1-9-6-7-10(18-9)8-15-16-13(17)11-4-2-3-5-12(11)14/h2-8H,1H3,(H,16,17). The van der Waals surface area contributed by atoms with Gasteiger partial charge in [-0.05, 0) is 47.1 Å². The van der Waals surface area contributed by atoms with Gasteiger partial charge in [0, 0.05) is 4.47 Å². The quantitative estimate of drug-likeness (QED) is 0.699. The summed E-state index contributed by atoms with van der Waals surface area (Å²) in [6.45, 7) is 1.84. The number of carbonyl (C=O) groups excluding carboxylic acids is 1.